The van der Waals surface area contributed by atoms with E-state index in [2.05, 4.69) is 0 Å². The van der Waals surface area contributed by atoms with Gasteiger partial charge in [0, 0.05) is 25.4 Å². The summed E-state index contributed by atoms with van der Waals surface area (Å²) < 4.78 is 10.5. The van der Waals surface area contributed by atoms with Crippen molar-refractivity contribution in [3.05, 3.63) is 36.0 Å². The standard InChI is InChI=1S/C17H23NO4/c19-15(16-6-4-9-22-16)11-14-5-2-1-3-8-18(14)17(20)13-7-10-21-12-13/h4,6,9,12,14-15,19H,1-3,5,7-8,10-11H2/t14-,15+/m1/s1. The molecule has 2 atom stereocenters. The van der Waals surface area contributed by atoms with Gasteiger partial charge in [-0.2, -0.15) is 0 Å². The maximum Gasteiger partial charge on any atom is 0.253 e. The lowest BCUT2D eigenvalue weighted by Gasteiger charge is -2.31. The number of ether oxygens (including phenoxy) is 1. The number of hydrogen-bond donors (Lipinski definition) is 1. The molecule has 5 heteroatoms. The number of hydrogen-bond acceptors (Lipinski definition) is 4. The molecule has 1 aromatic rings. The molecular formula is C17H23NO4. The summed E-state index contributed by atoms with van der Waals surface area (Å²) in [6, 6.07) is 3.60. The summed E-state index contributed by atoms with van der Waals surface area (Å²) in [6.45, 7) is 1.35. The minimum absolute atomic E-state index is 0.0524. The molecule has 1 aromatic heterocycles. The van der Waals surface area contributed by atoms with Gasteiger partial charge in [-0.25, -0.2) is 0 Å². The van der Waals surface area contributed by atoms with Crippen molar-refractivity contribution in [2.45, 2.75) is 50.7 Å². The van der Waals surface area contributed by atoms with Gasteiger partial charge in [-0.15, -0.1) is 0 Å². The summed E-state index contributed by atoms with van der Waals surface area (Å²) >= 11 is 0. The van der Waals surface area contributed by atoms with Crippen molar-refractivity contribution in [1.82, 2.24) is 4.90 Å². The minimum Gasteiger partial charge on any atom is -0.500 e. The number of aliphatic hydroxyl groups is 1. The Morgan fingerprint density at radius 2 is 2.32 bits per heavy atom. The molecule has 0 spiro atoms. The third-order valence-corrected chi connectivity index (χ3v) is 4.49. The summed E-state index contributed by atoms with van der Waals surface area (Å²) in [5, 5.41) is 10.3. The van der Waals surface area contributed by atoms with Crippen LogP contribution in [0, 0.1) is 0 Å². The van der Waals surface area contributed by atoms with Gasteiger partial charge < -0.3 is 19.2 Å². The molecule has 0 saturated carbocycles. The van der Waals surface area contributed by atoms with Gasteiger partial charge in [-0.05, 0) is 25.0 Å². The Balaban J connectivity index is 1.71. The monoisotopic (exact) mass is 305 g/mol. The normalized spacial score (nSPS) is 23.6. The summed E-state index contributed by atoms with van der Waals surface area (Å²) in [6.07, 6.45) is 7.87. The Bertz CT molecular complexity index is 523. The van der Waals surface area contributed by atoms with Gasteiger partial charge in [-0.3, -0.25) is 4.79 Å². The number of rotatable bonds is 4. The quantitative estimate of drug-likeness (QED) is 0.929. The lowest BCUT2D eigenvalue weighted by molar-refractivity contribution is -0.130. The van der Waals surface area contributed by atoms with Crippen LogP contribution in [0.15, 0.2) is 34.6 Å². The Labute approximate surface area is 130 Å². The predicted octanol–water partition coefficient (Wildman–Crippen LogP) is 2.78. The van der Waals surface area contributed by atoms with E-state index >= 15 is 0 Å². The highest BCUT2D eigenvalue weighted by Crippen LogP contribution is 2.28. The molecule has 0 aliphatic carbocycles. The Morgan fingerprint density at radius 1 is 1.41 bits per heavy atom. The van der Waals surface area contributed by atoms with E-state index in [0.717, 1.165) is 37.8 Å². The largest absolute Gasteiger partial charge is 0.500 e. The number of carbonyl (C=O) groups excluding carboxylic acids is 1. The fourth-order valence-corrected chi connectivity index (χ4v) is 3.27. The van der Waals surface area contributed by atoms with Gasteiger partial charge in [0.25, 0.3) is 5.91 Å². The molecule has 3 rings (SSSR count). The highest BCUT2D eigenvalue weighted by molar-refractivity contribution is 5.93. The minimum atomic E-state index is -0.665. The Kier molecular flexibility index (Phi) is 4.83. The second-order valence-corrected chi connectivity index (χ2v) is 6.03. The third-order valence-electron chi connectivity index (χ3n) is 4.49. The highest BCUT2D eigenvalue weighted by Gasteiger charge is 2.31. The molecule has 2 aliphatic rings. The number of likely N-dealkylation sites (tertiary alicyclic amines) is 1. The molecule has 120 valence electrons. The number of carbonyl (C=O) groups is 1. The van der Waals surface area contributed by atoms with Crippen molar-refractivity contribution in [3.63, 3.8) is 0 Å². The topological polar surface area (TPSA) is 62.9 Å². The zero-order valence-electron chi connectivity index (χ0n) is 12.7. The SMILES string of the molecule is O=C(C1=COCC1)N1CCCCC[C@@H]1C[C@H](O)c1ccco1. The lowest BCUT2D eigenvalue weighted by Crippen LogP contribution is -2.41. The number of aliphatic hydroxyl groups excluding tert-OH is 1. The molecule has 5 nitrogen and oxygen atoms in total. The Hall–Kier alpha value is -1.75. The van der Waals surface area contributed by atoms with Gasteiger partial charge in [0.15, 0.2) is 0 Å². The molecule has 0 aromatic carbocycles. The zero-order valence-corrected chi connectivity index (χ0v) is 12.7. The molecule has 0 bridgehead atoms. The molecule has 0 radical (unpaired) electrons. The van der Waals surface area contributed by atoms with Crippen molar-refractivity contribution in [3.8, 4) is 0 Å². The van der Waals surface area contributed by atoms with E-state index in [1.165, 1.54) is 0 Å². The van der Waals surface area contributed by atoms with Crippen molar-refractivity contribution in [2.24, 2.45) is 0 Å². The summed E-state index contributed by atoms with van der Waals surface area (Å²) in [4.78, 5) is 14.6. The molecule has 0 unspecified atom stereocenters. The fraction of sp³-hybridized carbons (Fsp3) is 0.588. The number of furan rings is 1. The summed E-state index contributed by atoms with van der Waals surface area (Å²) in [7, 11) is 0. The molecule has 3 heterocycles. The van der Waals surface area contributed by atoms with Crippen molar-refractivity contribution < 1.29 is 19.1 Å². The van der Waals surface area contributed by atoms with E-state index in [4.69, 9.17) is 9.15 Å². The molecule has 1 N–H and O–H groups in total. The second-order valence-electron chi connectivity index (χ2n) is 6.03. The fourth-order valence-electron chi connectivity index (χ4n) is 3.27. The van der Waals surface area contributed by atoms with Crippen LogP contribution in [-0.4, -0.2) is 35.1 Å². The maximum atomic E-state index is 12.7. The molecule has 1 saturated heterocycles. The lowest BCUT2D eigenvalue weighted by atomic mass is 10.0. The zero-order chi connectivity index (χ0) is 15.4. The molecule has 22 heavy (non-hydrogen) atoms. The van der Waals surface area contributed by atoms with Crippen LogP contribution in [0.4, 0.5) is 0 Å². The van der Waals surface area contributed by atoms with Crippen molar-refractivity contribution in [2.75, 3.05) is 13.2 Å². The number of nitrogens with zero attached hydrogens (tertiary/aromatic N) is 1. The third kappa shape index (κ3) is 3.35. The summed E-state index contributed by atoms with van der Waals surface area (Å²) in [5.74, 6) is 0.635. The average Bonchev–Trinajstić information content (AvgIpc) is 3.18. The Morgan fingerprint density at radius 3 is 3.05 bits per heavy atom. The van der Waals surface area contributed by atoms with Crippen LogP contribution in [0.2, 0.25) is 0 Å². The van der Waals surface area contributed by atoms with Crippen molar-refractivity contribution >= 4 is 5.91 Å². The first-order valence-corrected chi connectivity index (χ1v) is 8.09. The highest BCUT2D eigenvalue weighted by atomic mass is 16.5. The van der Waals surface area contributed by atoms with Gasteiger partial charge >= 0.3 is 0 Å². The van der Waals surface area contributed by atoms with Crippen LogP contribution >= 0.6 is 0 Å². The first-order valence-electron chi connectivity index (χ1n) is 8.09. The van der Waals surface area contributed by atoms with E-state index in [1.54, 1.807) is 24.7 Å². The molecule has 1 amide bonds. The van der Waals surface area contributed by atoms with E-state index < -0.39 is 6.10 Å². The van der Waals surface area contributed by atoms with Crippen molar-refractivity contribution in [1.29, 1.82) is 0 Å². The van der Waals surface area contributed by atoms with Crippen LogP contribution in [-0.2, 0) is 9.53 Å². The van der Waals surface area contributed by atoms with E-state index in [9.17, 15) is 9.90 Å². The van der Waals surface area contributed by atoms with Gasteiger partial charge in [0.1, 0.15) is 11.9 Å². The first-order chi connectivity index (χ1) is 10.8. The van der Waals surface area contributed by atoms with Gasteiger partial charge in [-0.1, -0.05) is 12.8 Å². The van der Waals surface area contributed by atoms with Crippen LogP contribution in [0.25, 0.3) is 0 Å². The van der Waals surface area contributed by atoms with E-state index in [-0.39, 0.29) is 11.9 Å². The molecule has 2 aliphatic heterocycles. The van der Waals surface area contributed by atoms with Crippen LogP contribution in [0.1, 0.15) is 50.4 Å². The average molecular weight is 305 g/mol. The van der Waals surface area contributed by atoms with E-state index in [0.29, 0.717) is 25.2 Å². The number of amides is 1. The van der Waals surface area contributed by atoms with Crippen LogP contribution in [0.3, 0.4) is 0 Å². The second kappa shape index (κ2) is 7.01. The van der Waals surface area contributed by atoms with Crippen LogP contribution < -0.4 is 0 Å². The maximum absolute atomic E-state index is 12.7. The molecular weight excluding hydrogens is 282 g/mol. The van der Waals surface area contributed by atoms with Crippen LogP contribution in [0.5, 0.6) is 0 Å². The first kappa shape index (κ1) is 15.2. The van der Waals surface area contributed by atoms with Gasteiger partial charge in [0.2, 0.25) is 0 Å². The predicted molar refractivity (Wildman–Crippen MR) is 80.9 cm³/mol. The molecule has 1 fully saturated rings. The van der Waals surface area contributed by atoms with E-state index in [1.807, 2.05) is 4.90 Å². The van der Waals surface area contributed by atoms with Gasteiger partial charge in [0.05, 0.1) is 24.7 Å². The summed E-state index contributed by atoms with van der Waals surface area (Å²) in [5.41, 5.74) is 0.749. The smallest absolute Gasteiger partial charge is 0.253 e.